The maximum Gasteiger partial charge on any atom is 0.271 e. The van der Waals surface area contributed by atoms with Crippen LogP contribution in [0.1, 0.15) is 24.3 Å². The average molecular weight is 290 g/mol. The second-order valence-electron chi connectivity index (χ2n) is 4.79. The van der Waals surface area contributed by atoms with E-state index >= 15 is 0 Å². The van der Waals surface area contributed by atoms with E-state index in [1.807, 2.05) is 13.8 Å². The summed E-state index contributed by atoms with van der Waals surface area (Å²) in [7, 11) is 0. The highest BCUT2D eigenvalue weighted by atomic mass is 19.1. The minimum atomic E-state index is -0.304. The van der Waals surface area contributed by atoms with Crippen LogP contribution in [-0.4, -0.2) is 34.8 Å². The van der Waals surface area contributed by atoms with E-state index in [9.17, 15) is 9.18 Å². The Bertz CT molecular complexity index is 594. The van der Waals surface area contributed by atoms with Crippen molar-refractivity contribution in [2.45, 2.75) is 19.9 Å². The lowest BCUT2D eigenvalue weighted by Crippen LogP contribution is -2.38. The van der Waals surface area contributed by atoms with Gasteiger partial charge in [-0.15, -0.1) is 0 Å². The molecule has 0 saturated heterocycles. The normalized spacial score (nSPS) is 12.1. The molecule has 0 bridgehead atoms. The first-order valence-electron chi connectivity index (χ1n) is 6.93. The number of rotatable bonds is 6. The zero-order chi connectivity index (χ0) is 15.2. The van der Waals surface area contributed by atoms with Crippen molar-refractivity contribution in [1.82, 2.24) is 20.4 Å². The Hall–Kier alpha value is -2.21. The van der Waals surface area contributed by atoms with Gasteiger partial charge in [-0.25, -0.2) is 9.07 Å². The number of halogens is 1. The summed E-state index contributed by atoms with van der Waals surface area (Å²) in [6.07, 6.45) is 1.68. The van der Waals surface area contributed by atoms with Crippen LogP contribution in [0.4, 0.5) is 4.39 Å². The van der Waals surface area contributed by atoms with Crippen molar-refractivity contribution >= 4 is 5.91 Å². The first-order chi connectivity index (χ1) is 10.1. The number of benzene rings is 1. The standard InChI is InChI=1S/C15H19FN4O/c1-3-17-11(2)10-18-15(21)14-8-9-20(19-14)13-6-4-12(16)5-7-13/h4-9,11,17H,3,10H2,1-2H3,(H,18,21)/t11-/m1/s1. The van der Waals surface area contributed by atoms with Crippen LogP contribution < -0.4 is 10.6 Å². The van der Waals surface area contributed by atoms with Gasteiger partial charge in [0.05, 0.1) is 5.69 Å². The fraction of sp³-hybridized carbons (Fsp3) is 0.333. The van der Waals surface area contributed by atoms with Gasteiger partial charge in [0.2, 0.25) is 0 Å². The SMILES string of the molecule is CCN[C@H](C)CNC(=O)c1ccn(-c2ccc(F)cc2)n1. The summed E-state index contributed by atoms with van der Waals surface area (Å²) < 4.78 is 14.4. The zero-order valence-electron chi connectivity index (χ0n) is 12.1. The van der Waals surface area contributed by atoms with Gasteiger partial charge in [0, 0.05) is 18.8 Å². The van der Waals surface area contributed by atoms with Gasteiger partial charge in [0.25, 0.3) is 5.91 Å². The van der Waals surface area contributed by atoms with Crippen LogP contribution in [0, 0.1) is 5.82 Å². The number of hydrogen-bond acceptors (Lipinski definition) is 3. The predicted molar refractivity (Wildman–Crippen MR) is 79.0 cm³/mol. The molecule has 0 aliphatic rings. The topological polar surface area (TPSA) is 58.9 Å². The number of amides is 1. The number of carbonyl (C=O) groups excluding carboxylic acids is 1. The molecule has 1 amide bonds. The fourth-order valence-corrected chi connectivity index (χ4v) is 1.94. The lowest BCUT2D eigenvalue weighted by molar-refractivity contribution is 0.0945. The van der Waals surface area contributed by atoms with Crippen LogP contribution in [0.3, 0.4) is 0 Å². The molecular weight excluding hydrogens is 271 g/mol. The Morgan fingerprint density at radius 2 is 2.05 bits per heavy atom. The maximum absolute atomic E-state index is 12.9. The molecule has 112 valence electrons. The Labute approximate surface area is 123 Å². The van der Waals surface area contributed by atoms with Crippen LogP contribution in [0.5, 0.6) is 0 Å². The summed E-state index contributed by atoms with van der Waals surface area (Å²) >= 11 is 0. The molecule has 6 heteroatoms. The van der Waals surface area contributed by atoms with Crippen molar-refractivity contribution in [3.63, 3.8) is 0 Å². The Morgan fingerprint density at radius 1 is 1.33 bits per heavy atom. The molecule has 2 N–H and O–H groups in total. The van der Waals surface area contributed by atoms with Gasteiger partial charge in [-0.1, -0.05) is 6.92 Å². The number of nitrogens with one attached hydrogen (secondary N) is 2. The summed E-state index contributed by atoms with van der Waals surface area (Å²) in [5.41, 5.74) is 1.04. The lowest BCUT2D eigenvalue weighted by Gasteiger charge is -2.12. The van der Waals surface area contributed by atoms with Crippen LogP contribution in [0.2, 0.25) is 0 Å². The highest BCUT2D eigenvalue weighted by Crippen LogP contribution is 2.08. The minimum Gasteiger partial charge on any atom is -0.349 e. The van der Waals surface area contributed by atoms with Gasteiger partial charge >= 0.3 is 0 Å². The van der Waals surface area contributed by atoms with E-state index in [1.165, 1.54) is 12.1 Å². The number of nitrogens with zero attached hydrogens (tertiary/aromatic N) is 2. The fourth-order valence-electron chi connectivity index (χ4n) is 1.94. The predicted octanol–water partition coefficient (Wildman–Crippen LogP) is 1.74. The molecule has 2 rings (SSSR count). The first kappa shape index (κ1) is 15.2. The molecule has 0 fully saturated rings. The highest BCUT2D eigenvalue weighted by molar-refractivity contribution is 5.92. The lowest BCUT2D eigenvalue weighted by atomic mass is 10.3. The van der Waals surface area contributed by atoms with E-state index < -0.39 is 0 Å². The van der Waals surface area contributed by atoms with E-state index in [1.54, 1.807) is 29.1 Å². The van der Waals surface area contributed by atoms with Crippen molar-refractivity contribution in [2.24, 2.45) is 0 Å². The molecule has 1 heterocycles. The third-order valence-corrected chi connectivity index (χ3v) is 3.03. The smallest absolute Gasteiger partial charge is 0.271 e. The van der Waals surface area contributed by atoms with Crippen LogP contribution >= 0.6 is 0 Å². The Kier molecular flexibility index (Phi) is 5.05. The molecule has 1 aromatic carbocycles. The van der Waals surface area contributed by atoms with E-state index in [-0.39, 0.29) is 17.8 Å². The number of carbonyl (C=O) groups is 1. The second-order valence-corrected chi connectivity index (χ2v) is 4.79. The molecule has 0 spiro atoms. The monoisotopic (exact) mass is 290 g/mol. The third kappa shape index (κ3) is 4.13. The number of likely N-dealkylation sites (N-methyl/N-ethyl adjacent to an activating group) is 1. The molecule has 1 atom stereocenters. The van der Waals surface area contributed by atoms with Gasteiger partial charge in [0.15, 0.2) is 5.69 Å². The summed E-state index contributed by atoms with van der Waals surface area (Å²) in [5, 5.41) is 10.2. The molecule has 5 nitrogen and oxygen atoms in total. The van der Waals surface area contributed by atoms with E-state index in [2.05, 4.69) is 15.7 Å². The molecule has 1 aromatic heterocycles. The molecule has 0 aliphatic carbocycles. The Balaban J connectivity index is 1.99. The molecule has 0 aliphatic heterocycles. The van der Waals surface area contributed by atoms with E-state index in [4.69, 9.17) is 0 Å². The second kappa shape index (κ2) is 6.99. The van der Waals surface area contributed by atoms with Crippen LogP contribution in [0.15, 0.2) is 36.5 Å². The summed E-state index contributed by atoms with van der Waals surface area (Å²) in [5.74, 6) is -0.526. The van der Waals surface area contributed by atoms with Crippen LogP contribution in [-0.2, 0) is 0 Å². The zero-order valence-corrected chi connectivity index (χ0v) is 12.1. The van der Waals surface area contributed by atoms with Gasteiger partial charge in [0.1, 0.15) is 5.82 Å². The minimum absolute atomic E-state index is 0.207. The van der Waals surface area contributed by atoms with Crippen molar-refractivity contribution in [1.29, 1.82) is 0 Å². The van der Waals surface area contributed by atoms with Gasteiger partial charge in [-0.05, 0) is 43.8 Å². The van der Waals surface area contributed by atoms with Gasteiger partial charge in [-0.3, -0.25) is 4.79 Å². The van der Waals surface area contributed by atoms with E-state index in [0.29, 0.717) is 17.9 Å². The van der Waals surface area contributed by atoms with Crippen molar-refractivity contribution < 1.29 is 9.18 Å². The Morgan fingerprint density at radius 3 is 2.71 bits per heavy atom. The molecular formula is C15H19FN4O. The third-order valence-electron chi connectivity index (χ3n) is 3.03. The molecule has 21 heavy (non-hydrogen) atoms. The molecule has 0 radical (unpaired) electrons. The largest absolute Gasteiger partial charge is 0.349 e. The summed E-state index contributed by atoms with van der Waals surface area (Å²) in [6.45, 7) is 5.41. The van der Waals surface area contributed by atoms with Crippen LogP contribution in [0.25, 0.3) is 5.69 Å². The van der Waals surface area contributed by atoms with Crippen molar-refractivity contribution in [3.05, 3.63) is 48.0 Å². The molecule has 0 unspecified atom stereocenters. The summed E-state index contributed by atoms with van der Waals surface area (Å²) in [6, 6.07) is 7.77. The molecule has 0 saturated carbocycles. The number of aromatic nitrogens is 2. The summed E-state index contributed by atoms with van der Waals surface area (Å²) in [4.78, 5) is 12.0. The molecule has 2 aromatic rings. The quantitative estimate of drug-likeness (QED) is 0.852. The van der Waals surface area contributed by atoms with Crippen molar-refractivity contribution in [3.8, 4) is 5.69 Å². The van der Waals surface area contributed by atoms with Gasteiger partial charge in [-0.2, -0.15) is 5.10 Å². The van der Waals surface area contributed by atoms with Crippen molar-refractivity contribution in [2.75, 3.05) is 13.1 Å². The average Bonchev–Trinajstić information content (AvgIpc) is 2.96. The van der Waals surface area contributed by atoms with E-state index in [0.717, 1.165) is 6.54 Å². The maximum atomic E-state index is 12.9. The number of hydrogen-bond donors (Lipinski definition) is 2. The first-order valence-corrected chi connectivity index (χ1v) is 6.93. The van der Waals surface area contributed by atoms with Gasteiger partial charge < -0.3 is 10.6 Å². The highest BCUT2D eigenvalue weighted by Gasteiger charge is 2.11.